The summed E-state index contributed by atoms with van der Waals surface area (Å²) in [6.45, 7) is 5.91. The summed E-state index contributed by atoms with van der Waals surface area (Å²) in [5.74, 6) is -0.929. The first-order valence-corrected chi connectivity index (χ1v) is 11.2. The number of nitrogens with zero attached hydrogens (tertiary/aromatic N) is 1. The number of carbonyl (C=O) groups is 2. The minimum absolute atomic E-state index is 0.0390. The Labute approximate surface area is 178 Å². The average molecular weight is 433 g/mol. The van der Waals surface area contributed by atoms with Gasteiger partial charge in [-0.1, -0.05) is 50.2 Å². The van der Waals surface area contributed by atoms with E-state index in [4.69, 9.17) is 4.74 Å². The molecule has 2 aromatic rings. The van der Waals surface area contributed by atoms with Crippen LogP contribution in [-0.4, -0.2) is 44.8 Å². The van der Waals surface area contributed by atoms with E-state index in [2.05, 4.69) is 5.32 Å². The van der Waals surface area contributed by atoms with Gasteiger partial charge < -0.3 is 10.1 Å². The number of esters is 1. The molecule has 0 fully saturated rings. The fraction of sp³-hybridized carbons (Fsp3) is 0.364. The summed E-state index contributed by atoms with van der Waals surface area (Å²) in [4.78, 5) is 24.9. The van der Waals surface area contributed by atoms with Crippen molar-refractivity contribution in [3.8, 4) is 0 Å². The highest BCUT2D eigenvalue weighted by molar-refractivity contribution is 7.89. The fourth-order valence-corrected chi connectivity index (χ4v) is 4.86. The molecule has 0 radical (unpaired) electrons. The molecule has 0 heterocycles. The van der Waals surface area contributed by atoms with Crippen LogP contribution in [0.15, 0.2) is 53.4 Å². The zero-order chi connectivity index (χ0) is 22.3. The lowest BCUT2D eigenvalue weighted by Crippen LogP contribution is -2.32. The Bertz CT molecular complexity index is 986. The molecule has 0 saturated heterocycles. The second-order valence-electron chi connectivity index (χ2n) is 6.79. The predicted molar refractivity (Wildman–Crippen MR) is 115 cm³/mol. The van der Waals surface area contributed by atoms with Crippen LogP contribution in [0, 0.1) is 6.92 Å². The number of sulfonamides is 1. The molecule has 8 heteroatoms. The van der Waals surface area contributed by atoms with Gasteiger partial charge in [-0.3, -0.25) is 9.59 Å². The van der Waals surface area contributed by atoms with E-state index in [1.165, 1.54) is 17.5 Å². The quantitative estimate of drug-likeness (QED) is 0.615. The molecule has 30 heavy (non-hydrogen) atoms. The Morgan fingerprint density at radius 3 is 2.27 bits per heavy atom. The summed E-state index contributed by atoms with van der Waals surface area (Å²) < 4.78 is 32.0. The van der Waals surface area contributed by atoms with Gasteiger partial charge in [-0.2, -0.15) is 4.31 Å². The SMILES string of the molecule is CCN(CC)S(=O)(=O)c1cc(C(=O)NC(CC(=O)OC)c2ccccc2)ccc1C. The summed E-state index contributed by atoms with van der Waals surface area (Å²) in [5, 5.41) is 2.82. The molecular formula is C22H28N2O5S. The number of hydrogen-bond donors (Lipinski definition) is 1. The van der Waals surface area contributed by atoms with Crippen molar-refractivity contribution in [2.24, 2.45) is 0 Å². The van der Waals surface area contributed by atoms with Gasteiger partial charge in [0.15, 0.2) is 0 Å². The van der Waals surface area contributed by atoms with Gasteiger partial charge in [0.2, 0.25) is 10.0 Å². The second-order valence-corrected chi connectivity index (χ2v) is 8.69. The van der Waals surface area contributed by atoms with Gasteiger partial charge in [-0.05, 0) is 30.2 Å². The van der Waals surface area contributed by atoms with E-state index in [1.807, 2.05) is 18.2 Å². The maximum Gasteiger partial charge on any atom is 0.307 e. The molecule has 1 N–H and O–H groups in total. The van der Waals surface area contributed by atoms with Crippen LogP contribution in [0.2, 0.25) is 0 Å². The molecule has 1 amide bonds. The third kappa shape index (κ3) is 5.46. The van der Waals surface area contributed by atoms with Gasteiger partial charge in [-0.25, -0.2) is 8.42 Å². The monoisotopic (exact) mass is 432 g/mol. The zero-order valence-corrected chi connectivity index (χ0v) is 18.5. The van der Waals surface area contributed by atoms with Gasteiger partial charge in [0.25, 0.3) is 5.91 Å². The van der Waals surface area contributed by atoms with E-state index in [0.717, 1.165) is 5.56 Å². The first-order chi connectivity index (χ1) is 14.2. The molecule has 0 aliphatic carbocycles. The topological polar surface area (TPSA) is 92.8 Å². The van der Waals surface area contributed by atoms with Gasteiger partial charge in [0.1, 0.15) is 0 Å². The van der Waals surface area contributed by atoms with Crippen LogP contribution in [0.4, 0.5) is 0 Å². The Morgan fingerprint density at radius 2 is 1.70 bits per heavy atom. The molecule has 2 rings (SSSR count). The van der Waals surface area contributed by atoms with E-state index in [-0.39, 0.29) is 16.9 Å². The highest BCUT2D eigenvalue weighted by Crippen LogP contribution is 2.23. The van der Waals surface area contributed by atoms with Crippen LogP contribution in [0.1, 0.15) is 47.8 Å². The third-order valence-corrected chi connectivity index (χ3v) is 7.07. The number of ether oxygens (including phenoxy) is 1. The fourth-order valence-electron chi connectivity index (χ4n) is 3.15. The van der Waals surface area contributed by atoms with Crippen molar-refractivity contribution < 1.29 is 22.7 Å². The Hall–Kier alpha value is -2.71. The minimum Gasteiger partial charge on any atom is -0.469 e. The zero-order valence-electron chi connectivity index (χ0n) is 17.7. The summed E-state index contributed by atoms with van der Waals surface area (Å²) in [6, 6.07) is 13.0. The number of amides is 1. The molecule has 1 unspecified atom stereocenters. The Balaban J connectivity index is 2.36. The van der Waals surface area contributed by atoms with E-state index in [9.17, 15) is 18.0 Å². The van der Waals surface area contributed by atoms with Gasteiger partial charge in [0, 0.05) is 18.7 Å². The van der Waals surface area contributed by atoms with E-state index < -0.39 is 27.9 Å². The molecule has 0 aliphatic heterocycles. The molecule has 0 saturated carbocycles. The number of aryl methyl sites for hydroxylation is 1. The normalized spacial score (nSPS) is 12.4. The molecule has 1 atom stereocenters. The first-order valence-electron chi connectivity index (χ1n) is 9.78. The minimum atomic E-state index is -3.71. The molecule has 0 aromatic heterocycles. The second kappa shape index (κ2) is 10.4. The average Bonchev–Trinajstić information content (AvgIpc) is 2.74. The Kier molecular flexibility index (Phi) is 8.14. The molecular weight excluding hydrogens is 404 g/mol. The number of hydrogen-bond acceptors (Lipinski definition) is 5. The van der Waals surface area contributed by atoms with Crippen LogP contribution in [0.3, 0.4) is 0 Å². The van der Waals surface area contributed by atoms with Crippen LogP contribution < -0.4 is 5.32 Å². The molecule has 162 valence electrons. The lowest BCUT2D eigenvalue weighted by atomic mass is 10.0. The van der Waals surface area contributed by atoms with E-state index in [1.54, 1.807) is 45.0 Å². The lowest BCUT2D eigenvalue weighted by Gasteiger charge is -2.21. The summed E-state index contributed by atoms with van der Waals surface area (Å²) in [6.07, 6.45) is -0.0390. The maximum absolute atomic E-state index is 13.0. The van der Waals surface area contributed by atoms with E-state index in [0.29, 0.717) is 18.7 Å². The van der Waals surface area contributed by atoms with Crippen molar-refractivity contribution in [3.63, 3.8) is 0 Å². The number of nitrogens with one attached hydrogen (secondary N) is 1. The smallest absolute Gasteiger partial charge is 0.307 e. The maximum atomic E-state index is 13.0. The number of methoxy groups -OCH3 is 1. The largest absolute Gasteiger partial charge is 0.469 e. The van der Waals surface area contributed by atoms with Crippen molar-refractivity contribution in [2.45, 2.75) is 38.1 Å². The van der Waals surface area contributed by atoms with Gasteiger partial charge >= 0.3 is 5.97 Å². The highest BCUT2D eigenvalue weighted by atomic mass is 32.2. The number of carbonyl (C=O) groups excluding carboxylic acids is 2. The molecule has 0 bridgehead atoms. The van der Waals surface area contributed by atoms with Crippen molar-refractivity contribution in [3.05, 3.63) is 65.2 Å². The number of benzene rings is 2. The third-order valence-electron chi connectivity index (χ3n) is 4.88. The van der Waals surface area contributed by atoms with Crippen LogP contribution >= 0.6 is 0 Å². The van der Waals surface area contributed by atoms with Gasteiger partial charge in [0.05, 0.1) is 24.5 Å². The van der Waals surface area contributed by atoms with Crippen LogP contribution in [0.5, 0.6) is 0 Å². The van der Waals surface area contributed by atoms with Crippen molar-refractivity contribution in [1.82, 2.24) is 9.62 Å². The Morgan fingerprint density at radius 1 is 1.07 bits per heavy atom. The van der Waals surface area contributed by atoms with Crippen LogP contribution in [0.25, 0.3) is 0 Å². The van der Waals surface area contributed by atoms with Gasteiger partial charge in [-0.15, -0.1) is 0 Å². The summed E-state index contributed by atoms with van der Waals surface area (Å²) in [7, 11) is -2.42. The van der Waals surface area contributed by atoms with Crippen LogP contribution in [-0.2, 0) is 19.6 Å². The summed E-state index contributed by atoms with van der Waals surface area (Å²) >= 11 is 0. The number of rotatable bonds is 9. The molecule has 2 aromatic carbocycles. The van der Waals surface area contributed by atoms with Crippen molar-refractivity contribution >= 4 is 21.9 Å². The molecule has 0 aliphatic rings. The predicted octanol–water partition coefficient (Wildman–Crippen LogP) is 3.06. The highest BCUT2D eigenvalue weighted by Gasteiger charge is 2.26. The first kappa shape index (κ1) is 23.6. The lowest BCUT2D eigenvalue weighted by molar-refractivity contribution is -0.141. The van der Waals surface area contributed by atoms with Crippen molar-refractivity contribution in [1.29, 1.82) is 0 Å². The molecule has 7 nitrogen and oxygen atoms in total. The molecule has 0 spiro atoms. The standard InChI is InChI=1S/C22H28N2O5S/c1-5-24(6-2)30(27,28)20-14-18(13-12-16(20)3)22(26)23-19(15-21(25)29-4)17-10-8-7-9-11-17/h7-14,19H,5-6,15H2,1-4H3,(H,23,26). The van der Waals surface area contributed by atoms with E-state index >= 15 is 0 Å². The van der Waals surface area contributed by atoms with Crippen molar-refractivity contribution in [2.75, 3.05) is 20.2 Å². The summed E-state index contributed by atoms with van der Waals surface area (Å²) in [5.41, 5.74) is 1.52.